The first-order valence-corrected chi connectivity index (χ1v) is 11.6. The molecule has 0 saturated heterocycles. The second-order valence-electron chi connectivity index (χ2n) is 8.26. The Labute approximate surface area is 190 Å². The summed E-state index contributed by atoms with van der Waals surface area (Å²) in [6, 6.07) is 8.08. The summed E-state index contributed by atoms with van der Waals surface area (Å²) < 4.78 is 7.24. The molecule has 1 aromatic carbocycles. The Balaban J connectivity index is 1.45. The first kappa shape index (κ1) is 20.7. The molecule has 8 nitrogen and oxygen atoms in total. The molecule has 1 aliphatic carbocycles. The third-order valence-corrected chi connectivity index (χ3v) is 6.63. The second kappa shape index (κ2) is 8.38. The number of hydrogen-bond acceptors (Lipinski definition) is 6. The summed E-state index contributed by atoms with van der Waals surface area (Å²) in [5.41, 5.74) is 3.76. The van der Waals surface area contributed by atoms with Crippen molar-refractivity contribution in [3.8, 4) is 5.75 Å². The van der Waals surface area contributed by atoms with Gasteiger partial charge in [-0.25, -0.2) is 4.98 Å². The van der Waals surface area contributed by atoms with Gasteiger partial charge in [-0.3, -0.25) is 14.3 Å². The van der Waals surface area contributed by atoms with Gasteiger partial charge < -0.3 is 15.0 Å². The fourth-order valence-electron chi connectivity index (χ4n) is 4.03. The molecular formula is C23H25N5O3S. The minimum atomic E-state index is -0.160. The van der Waals surface area contributed by atoms with Crippen LogP contribution in [0.3, 0.4) is 0 Å². The van der Waals surface area contributed by atoms with Crippen molar-refractivity contribution in [2.24, 2.45) is 0 Å². The van der Waals surface area contributed by atoms with Gasteiger partial charge in [0.1, 0.15) is 11.4 Å². The molecule has 166 valence electrons. The van der Waals surface area contributed by atoms with Crippen LogP contribution in [0.1, 0.15) is 55.6 Å². The number of carbonyl (C=O) groups is 2. The van der Waals surface area contributed by atoms with Crippen LogP contribution in [0.15, 0.2) is 29.6 Å². The molecule has 1 N–H and O–H groups in total. The molecule has 1 saturated carbocycles. The van der Waals surface area contributed by atoms with Gasteiger partial charge in [0.15, 0.2) is 5.69 Å². The Morgan fingerprint density at radius 3 is 2.88 bits per heavy atom. The zero-order valence-electron chi connectivity index (χ0n) is 18.1. The van der Waals surface area contributed by atoms with Crippen molar-refractivity contribution >= 4 is 23.2 Å². The molecule has 1 fully saturated rings. The number of ether oxygens (including phenoxy) is 1. The molecule has 2 aliphatic rings. The molecule has 0 unspecified atom stereocenters. The number of carbonyl (C=O) groups excluding carboxylic acids is 2. The summed E-state index contributed by atoms with van der Waals surface area (Å²) in [4.78, 5) is 32.1. The number of methoxy groups -OCH3 is 1. The Hall–Kier alpha value is -3.20. The fraction of sp³-hybridized carbons (Fsp3) is 0.391. The van der Waals surface area contributed by atoms with Crippen molar-refractivity contribution in [1.82, 2.24) is 25.0 Å². The fourth-order valence-corrected chi connectivity index (χ4v) is 4.61. The molecule has 9 heteroatoms. The third kappa shape index (κ3) is 4.12. The number of amides is 2. The molecule has 32 heavy (non-hydrogen) atoms. The number of hydrogen-bond donors (Lipinski definition) is 1. The van der Waals surface area contributed by atoms with E-state index in [-0.39, 0.29) is 17.9 Å². The highest BCUT2D eigenvalue weighted by Gasteiger charge is 2.33. The van der Waals surface area contributed by atoms with Gasteiger partial charge in [0, 0.05) is 35.6 Å². The minimum Gasteiger partial charge on any atom is -0.497 e. The maximum absolute atomic E-state index is 13.0. The van der Waals surface area contributed by atoms with Crippen molar-refractivity contribution < 1.29 is 14.3 Å². The molecule has 3 aromatic rings. The van der Waals surface area contributed by atoms with E-state index in [0.717, 1.165) is 40.4 Å². The van der Waals surface area contributed by atoms with E-state index in [4.69, 9.17) is 9.84 Å². The highest BCUT2D eigenvalue weighted by Crippen LogP contribution is 2.27. The number of nitrogens with zero attached hydrogens (tertiary/aromatic N) is 4. The predicted molar refractivity (Wildman–Crippen MR) is 120 cm³/mol. The quantitative estimate of drug-likeness (QED) is 0.623. The highest BCUT2D eigenvalue weighted by molar-refractivity contribution is 7.09. The molecule has 5 rings (SSSR count). The molecule has 2 aromatic heterocycles. The van der Waals surface area contributed by atoms with Crippen LogP contribution in [0.4, 0.5) is 0 Å². The summed E-state index contributed by atoms with van der Waals surface area (Å²) >= 11 is 1.46. The summed E-state index contributed by atoms with van der Waals surface area (Å²) in [5.74, 6) is 0.520. The largest absolute Gasteiger partial charge is 0.497 e. The molecule has 0 radical (unpaired) electrons. The van der Waals surface area contributed by atoms with Crippen molar-refractivity contribution in [1.29, 1.82) is 0 Å². The van der Waals surface area contributed by atoms with E-state index in [0.29, 0.717) is 37.4 Å². The molecule has 0 bridgehead atoms. The monoisotopic (exact) mass is 451 g/mol. The standard InChI is InChI=1S/C23H25N5O3S/c1-14-24-19(13-32-14)23(30)27-9-8-20-18(12-27)21(22(29)25-16-6-7-16)26-28(20)11-15-4-3-5-17(10-15)31-2/h3-5,10,13,16H,6-9,11-12H2,1-2H3,(H,25,29). The molecule has 2 amide bonds. The van der Waals surface area contributed by atoms with Crippen LogP contribution >= 0.6 is 11.3 Å². The van der Waals surface area contributed by atoms with Crippen LogP contribution in [-0.2, 0) is 19.5 Å². The summed E-state index contributed by atoms with van der Waals surface area (Å²) in [7, 11) is 1.64. The minimum absolute atomic E-state index is 0.103. The topological polar surface area (TPSA) is 89.4 Å². The van der Waals surface area contributed by atoms with Crippen molar-refractivity contribution in [2.45, 2.75) is 45.3 Å². The molecule has 1 aliphatic heterocycles. The van der Waals surface area contributed by atoms with Gasteiger partial charge in [-0.2, -0.15) is 5.10 Å². The van der Waals surface area contributed by atoms with Gasteiger partial charge in [-0.1, -0.05) is 12.1 Å². The molecular weight excluding hydrogens is 426 g/mol. The summed E-state index contributed by atoms with van der Waals surface area (Å²) in [6.45, 7) is 3.35. The lowest BCUT2D eigenvalue weighted by atomic mass is 10.0. The van der Waals surface area contributed by atoms with Crippen molar-refractivity contribution in [2.75, 3.05) is 13.7 Å². The van der Waals surface area contributed by atoms with Crippen LogP contribution < -0.4 is 10.1 Å². The molecule has 3 heterocycles. The van der Waals surface area contributed by atoms with E-state index in [2.05, 4.69) is 10.3 Å². The van der Waals surface area contributed by atoms with E-state index in [1.54, 1.807) is 17.4 Å². The third-order valence-electron chi connectivity index (χ3n) is 5.85. The maximum atomic E-state index is 13.0. The van der Waals surface area contributed by atoms with Gasteiger partial charge in [0.2, 0.25) is 0 Å². The van der Waals surface area contributed by atoms with E-state index in [1.165, 1.54) is 11.3 Å². The van der Waals surface area contributed by atoms with Crippen LogP contribution in [0, 0.1) is 6.92 Å². The van der Waals surface area contributed by atoms with Gasteiger partial charge >= 0.3 is 0 Å². The van der Waals surface area contributed by atoms with Crippen LogP contribution in [0.5, 0.6) is 5.75 Å². The number of aromatic nitrogens is 3. The van der Waals surface area contributed by atoms with Gasteiger partial charge in [-0.15, -0.1) is 11.3 Å². The van der Waals surface area contributed by atoms with Crippen LogP contribution in [0.25, 0.3) is 0 Å². The zero-order valence-corrected chi connectivity index (χ0v) is 18.9. The smallest absolute Gasteiger partial charge is 0.273 e. The second-order valence-corrected chi connectivity index (χ2v) is 9.32. The first-order chi connectivity index (χ1) is 15.5. The Kier molecular flexibility index (Phi) is 5.42. The lowest BCUT2D eigenvalue weighted by Gasteiger charge is -2.27. The van der Waals surface area contributed by atoms with Crippen molar-refractivity contribution in [3.63, 3.8) is 0 Å². The summed E-state index contributed by atoms with van der Waals surface area (Å²) in [6.07, 6.45) is 2.65. The average Bonchev–Trinajstić information content (AvgIpc) is 3.39. The Bertz CT molecular complexity index is 1180. The normalized spacial score (nSPS) is 15.4. The van der Waals surface area contributed by atoms with E-state index in [1.807, 2.05) is 35.9 Å². The Morgan fingerprint density at radius 2 is 2.16 bits per heavy atom. The number of rotatable bonds is 6. The molecule has 0 atom stereocenters. The maximum Gasteiger partial charge on any atom is 0.273 e. The zero-order chi connectivity index (χ0) is 22.2. The van der Waals surface area contributed by atoms with Crippen molar-refractivity contribution in [3.05, 3.63) is 62.9 Å². The van der Waals surface area contributed by atoms with Crippen LogP contribution in [-0.4, -0.2) is 51.2 Å². The van der Waals surface area contributed by atoms with E-state index in [9.17, 15) is 9.59 Å². The first-order valence-electron chi connectivity index (χ1n) is 10.8. The summed E-state index contributed by atoms with van der Waals surface area (Å²) in [5, 5.41) is 10.4. The number of nitrogens with one attached hydrogen (secondary N) is 1. The predicted octanol–water partition coefficient (Wildman–Crippen LogP) is 2.80. The lowest BCUT2D eigenvalue weighted by molar-refractivity contribution is 0.0725. The van der Waals surface area contributed by atoms with Gasteiger partial charge in [0.05, 0.1) is 25.2 Å². The van der Waals surface area contributed by atoms with Crippen LogP contribution in [0.2, 0.25) is 0 Å². The van der Waals surface area contributed by atoms with Gasteiger partial charge in [-0.05, 0) is 37.5 Å². The lowest BCUT2D eigenvalue weighted by Crippen LogP contribution is -2.37. The Morgan fingerprint density at radius 1 is 1.31 bits per heavy atom. The van der Waals surface area contributed by atoms with E-state index >= 15 is 0 Å². The number of fused-ring (bicyclic) bond motifs is 1. The van der Waals surface area contributed by atoms with Gasteiger partial charge in [0.25, 0.3) is 11.8 Å². The average molecular weight is 452 g/mol. The molecule has 0 spiro atoms. The number of thiazole rings is 1. The number of aryl methyl sites for hydroxylation is 1. The highest BCUT2D eigenvalue weighted by atomic mass is 32.1. The number of benzene rings is 1. The SMILES string of the molecule is COc1cccc(Cn2nc(C(=O)NC3CC3)c3c2CCN(C(=O)c2csc(C)n2)C3)c1. The van der Waals surface area contributed by atoms with E-state index < -0.39 is 0 Å².